The summed E-state index contributed by atoms with van der Waals surface area (Å²) < 4.78 is 0. The Balaban J connectivity index is 2.41. The number of anilines is 1. The topological polar surface area (TPSA) is 66.3 Å². The molecule has 7 heteroatoms. The minimum atomic E-state index is -1.17. The second-order valence-electron chi connectivity index (χ2n) is 3.43. The van der Waals surface area contributed by atoms with E-state index in [1.54, 1.807) is 18.5 Å². The standard InChI is InChI=1S/C12H8ClN3O2S/c1-2-6-16(12(17)18)11-9(13)15-10(19-11)8-4-3-5-14-7-8/h1,3-5,7H,6H2,(H,17,18). The van der Waals surface area contributed by atoms with E-state index < -0.39 is 6.09 Å². The molecule has 0 saturated carbocycles. The van der Waals surface area contributed by atoms with Crippen LogP contribution in [0.2, 0.25) is 5.15 Å². The van der Waals surface area contributed by atoms with E-state index in [0.717, 1.165) is 21.8 Å². The van der Waals surface area contributed by atoms with Crippen molar-refractivity contribution in [1.82, 2.24) is 9.97 Å². The summed E-state index contributed by atoms with van der Waals surface area (Å²) in [5.74, 6) is 2.28. The molecule has 2 aromatic heterocycles. The van der Waals surface area contributed by atoms with Crippen LogP contribution in [0.5, 0.6) is 0 Å². The van der Waals surface area contributed by atoms with Gasteiger partial charge in [0.2, 0.25) is 0 Å². The molecule has 0 unspecified atom stereocenters. The zero-order chi connectivity index (χ0) is 13.8. The molecule has 1 amide bonds. The Morgan fingerprint density at radius 3 is 3.00 bits per heavy atom. The first-order valence-corrected chi connectivity index (χ1v) is 6.33. The van der Waals surface area contributed by atoms with Crippen LogP contribution in [0.4, 0.5) is 9.80 Å². The first-order valence-electron chi connectivity index (χ1n) is 5.14. The fourth-order valence-corrected chi connectivity index (χ4v) is 2.68. The number of rotatable bonds is 3. The van der Waals surface area contributed by atoms with Gasteiger partial charge in [-0.15, -0.1) is 6.42 Å². The minimum absolute atomic E-state index is 0.0796. The van der Waals surface area contributed by atoms with Crippen molar-refractivity contribution in [3.8, 4) is 22.9 Å². The number of pyridine rings is 1. The molecule has 1 N–H and O–H groups in total. The molecule has 0 aliphatic heterocycles. The van der Waals surface area contributed by atoms with Gasteiger partial charge < -0.3 is 5.11 Å². The second kappa shape index (κ2) is 5.69. The van der Waals surface area contributed by atoms with E-state index >= 15 is 0 Å². The van der Waals surface area contributed by atoms with E-state index in [9.17, 15) is 4.79 Å². The predicted molar refractivity (Wildman–Crippen MR) is 74.6 cm³/mol. The maximum absolute atomic E-state index is 11.1. The van der Waals surface area contributed by atoms with Crippen molar-refractivity contribution in [2.75, 3.05) is 11.4 Å². The van der Waals surface area contributed by atoms with Crippen molar-refractivity contribution in [2.24, 2.45) is 0 Å². The monoisotopic (exact) mass is 293 g/mol. The maximum Gasteiger partial charge on any atom is 0.413 e. The zero-order valence-corrected chi connectivity index (χ0v) is 11.1. The maximum atomic E-state index is 11.1. The summed E-state index contributed by atoms with van der Waals surface area (Å²) in [4.78, 5) is 20.2. The van der Waals surface area contributed by atoms with Crippen LogP contribution in [0.3, 0.4) is 0 Å². The highest BCUT2D eigenvalue weighted by atomic mass is 35.5. The number of amides is 1. The van der Waals surface area contributed by atoms with Gasteiger partial charge in [0, 0.05) is 18.0 Å². The average molecular weight is 294 g/mol. The van der Waals surface area contributed by atoms with Crippen LogP contribution < -0.4 is 4.90 Å². The molecule has 19 heavy (non-hydrogen) atoms. The molecule has 0 aliphatic carbocycles. The lowest BCUT2D eigenvalue weighted by atomic mass is 10.3. The highest BCUT2D eigenvalue weighted by Crippen LogP contribution is 2.37. The van der Waals surface area contributed by atoms with E-state index in [1.807, 2.05) is 6.07 Å². The van der Waals surface area contributed by atoms with Gasteiger partial charge in [-0.3, -0.25) is 9.88 Å². The SMILES string of the molecule is C#CCN(C(=O)O)c1sc(-c2cccnc2)nc1Cl. The van der Waals surface area contributed by atoms with Gasteiger partial charge in [0.1, 0.15) is 10.0 Å². The summed E-state index contributed by atoms with van der Waals surface area (Å²) in [5.41, 5.74) is 0.770. The summed E-state index contributed by atoms with van der Waals surface area (Å²) in [5, 5.41) is 10.1. The Labute approximate surface area is 118 Å². The molecule has 2 rings (SSSR count). The molecule has 0 fully saturated rings. The Kier molecular flexibility index (Phi) is 4.00. The van der Waals surface area contributed by atoms with Crippen LogP contribution in [-0.2, 0) is 0 Å². The Bertz CT molecular complexity index is 636. The quantitative estimate of drug-likeness (QED) is 0.884. The van der Waals surface area contributed by atoms with Gasteiger partial charge in [0.25, 0.3) is 0 Å². The predicted octanol–water partition coefficient (Wildman–Crippen LogP) is 2.98. The Morgan fingerprint density at radius 1 is 1.63 bits per heavy atom. The van der Waals surface area contributed by atoms with Crippen molar-refractivity contribution in [3.63, 3.8) is 0 Å². The molecule has 0 radical (unpaired) electrons. The van der Waals surface area contributed by atoms with Crippen LogP contribution in [0.25, 0.3) is 10.6 Å². The lowest BCUT2D eigenvalue weighted by molar-refractivity contribution is 0.203. The number of carboxylic acid groups (broad SMARTS) is 1. The number of halogens is 1. The van der Waals surface area contributed by atoms with Gasteiger partial charge in [0.05, 0.1) is 6.54 Å². The van der Waals surface area contributed by atoms with Crippen molar-refractivity contribution in [3.05, 3.63) is 29.7 Å². The molecule has 2 aromatic rings. The number of hydrogen-bond donors (Lipinski definition) is 1. The van der Waals surface area contributed by atoms with Gasteiger partial charge >= 0.3 is 6.09 Å². The molecule has 0 spiro atoms. The number of nitrogens with zero attached hydrogens (tertiary/aromatic N) is 3. The number of aromatic nitrogens is 2. The third-order valence-corrected chi connectivity index (χ3v) is 3.71. The third kappa shape index (κ3) is 2.84. The molecular weight excluding hydrogens is 286 g/mol. The summed E-state index contributed by atoms with van der Waals surface area (Å²) >= 11 is 7.13. The van der Waals surface area contributed by atoms with Crippen molar-refractivity contribution >= 4 is 34.0 Å². The highest BCUT2D eigenvalue weighted by Gasteiger charge is 2.21. The lowest BCUT2D eigenvalue weighted by Gasteiger charge is -2.13. The smallest absolute Gasteiger partial charge is 0.413 e. The number of thiazole rings is 1. The third-order valence-electron chi connectivity index (χ3n) is 2.20. The van der Waals surface area contributed by atoms with E-state index in [1.165, 1.54) is 0 Å². The molecule has 0 bridgehead atoms. The average Bonchev–Trinajstić information content (AvgIpc) is 2.78. The summed E-state index contributed by atoms with van der Waals surface area (Å²) in [6, 6.07) is 3.58. The lowest BCUT2D eigenvalue weighted by Crippen LogP contribution is -2.28. The van der Waals surface area contributed by atoms with Gasteiger partial charge in [-0.05, 0) is 12.1 Å². The highest BCUT2D eigenvalue weighted by molar-refractivity contribution is 7.19. The number of carbonyl (C=O) groups is 1. The van der Waals surface area contributed by atoms with Crippen LogP contribution >= 0.6 is 22.9 Å². The molecule has 0 aliphatic rings. The summed E-state index contributed by atoms with van der Waals surface area (Å²) in [6.07, 6.45) is 7.25. The fourth-order valence-electron chi connectivity index (χ4n) is 1.39. The van der Waals surface area contributed by atoms with E-state index in [4.69, 9.17) is 23.1 Å². The Hall–Kier alpha value is -2.10. The zero-order valence-electron chi connectivity index (χ0n) is 9.58. The van der Waals surface area contributed by atoms with Crippen LogP contribution in [0.15, 0.2) is 24.5 Å². The van der Waals surface area contributed by atoms with Crippen LogP contribution in [0, 0.1) is 12.3 Å². The van der Waals surface area contributed by atoms with E-state index in [0.29, 0.717) is 10.0 Å². The fraction of sp³-hybridized carbons (Fsp3) is 0.0833. The van der Waals surface area contributed by atoms with Crippen molar-refractivity contribution in [2.45, 2.75) is 0 Å². The van der Waals surface area contributed by atoms with Crippen molar-refractivity contribution < 1.29 is 9.90 Å². The Morgan fingerprint density at radius 2 is 2.42 bits per heavy atom. The molecule has 0 atom stereocenters. The molecule has 5 nitrogen and oxygen atoms in total. The van der Waals surface area contributed by atoms with Gasteiger partial charge in [-0.2, -0.15) is 0 Å². The molecule has 0 aromatic carbocycles. The summed E-state index contributed by atoms with van der Waals surface area (Å²) in [7, 11) is 0. The molecule has 2 heterocycles. The van der Waals surface area contributed by atoms with Crippen molar-refractivity contribution in [1.29, 1.82) is 0 Å². The molecular formula is C12H8ClN3O2S. The van der Waals surface area contributed by atoms with Gasteiger partial charge in [0.15, 0.2) is 5.15 Å². The van der Waals surface area contributed by atoms with E-state index in [2.05, 4.69) is 15.9 Å². The normalized spacial score (nSPS) is 9.89. The number of terminal acetylenes is 1. The molecule has 0 saturated heterocycles. The van der Waals surface area contributed by atoms with Gasteiger partial charge in [-0.1, -0.05) is 28.9 Å². The van der Waals surface area contributed by atoms with Gasteiger partial charge in [-0.25, -0.2) is 9.78 Å². The molecule has 96 valence electrons. The second-order valence-corrected chi connectivity index (χ2v) is 4.77. The minimum Gasteiger partial charge on any atom is -0.465 e. The first-order chi connectivity index (χ1) is 9.13. The van der Waals surface area contributed by atoms with Crippen LogP contribution in [0.1, 0.15) is 0 Å². The number of hydrogen-bond acceptors (Lipinski definition) is 4. The first kappa shape index (κ1) is 13.3. The van der Waals surface area contributed by atoms with E-state index in [-0.39, 0.29) is 11.7 Å². The largest absolute Gasteiger partial charge is 0.465 e. The van der Waals surface area contributed by atoms with Crippen LogP contribution in [-0.4, -0.2) is 27.7 Å². The summed E-state index contributed by atoms with van der Waals surface area (Å²) in [6.45, 7) is -0.0796.